The molecule has 0 spiro atoms. The highest BCUT2D eigenvalue weighted by Crippen LogP contribution is 2.26. The molecule has 3 nitrogen and oxygen atoms in total. The minimum Gasteiger partial charge on any atom is -0.462 e. The SMILES string of the molecule is CCCCC[C@@H](C/C=C1\CC=C(I)C1=O)OC(C)=O. The molecule has 1 aliphatic carbocycles. The van der Waals surface area contributed by atoms with Crippen molar-refractivity contribution in [3.05, 3.63) is 21.3 Å². The first kappa shape index (κ1) is 16.4. The number of allylic oxidation sites excluding steroid dienone is 3. The Morgan fingerprint density at radius 3 is 2.79 bits per heavy atom. The molecule has 1 rings (SSSR count). The lowest BCUT2D eigenvalue weighted by molar-refractivity contribution is -0.146. The quantitative estimate of drug-likeness (QED) is 0.291. The highest BCUT2D eigenvalue weighted by Gasteiger charge is 2.19. The van der Waals surface area contributed by atoms with Crippen molar-refractivity contribution in [1.29, 1.82) is 0 Å². The van der Waals surface area contributed by atoms with Gasteiger partial charge in [-0.15, -0.1) is 0 Å². The van der Waals surface area contributed by atoms with E-state index in [1.54, 1.807) is 0 Å². The second kappa shape index (κ2) is 8.51. The highest BCUT2D eigenvalue weighted by atomic mass is 127. The van der Waals surface area contributed by atoms with Crippen molar-refractivity contribution < 1.29 is 14.3 Å². The number of hydrogen-bond donors (Lipinski definition) is 0. The molecule has 0 fully saturated rings. The van der Waals surface area contributed by atoms with E-state index in [4.69, 9.17) is 4.74 Å². The van der Waals surface area contributed by atoms with E-state index >= 15 is 0 Å². The van der Waals surface area contributed by atoms with Crippen molar-refractivity contribution >= 4 is 34.3 Å². The number of carbonyl (C=O) groups is 2. The van der Waals surface area contributed by atoms with Gasteiger partial charge in [0.15, 0.2) is 5.78 Å². The van der Waals surface area contributed by atoms with Gasteiger partial charge in [0.25, 0.3) is 0 Å². The molecule has 0 aliphatic heterocycles. The van der Waals surface area contributed by atoms with Crippen molar-refractivity contribution in [2.24, 2.45) is 0 Å². The lowest BCUT2D eigenvalue weighted by Crippen LogP contribution is -2.16. The van der Waals surface area contributed by atoms with Crippen LogP contribution >= 0.6 is 22.6 Å². The summed E-state index contributed by atoms with van der Waals surface area (Å²) in [6, 6.07) is 0. The standard InChI is InChI=1S/C15H21IO3/c1-3-4-5-6-13(19-11(2)17)9-7-12-8-10-14(16)15(12)18/h7,10,13H,3-6,8-9H2,1-2H3/b12-7+/t13-/m0/s1. The van der Waals surface area contributed by atoms with Gasteiger partial charge in [0.05, 0.1) is 3.58 Å². The maximum atomic E-state index is 11.7. The number of carbonyl (C=O) groups excluding carboxylic acids is 2. The van der Waals surface area contributed by atoms with Gasteiger partial charge in [0.1, 0.15) is 6.10 Å². The molecule has 0 aromatic rings. The van der Waals surface area contributed by atoms with Crippen LogP contribution in [0.15, 0.2) is 21.3 Å². The van der Waals surface area contributed by atoms with Gasteiger partial charge in [0, 0.05) is 18.9 Å². The zero-order valence-electron chi connectivity index (χ0n) is 11.6. The Morgan fingerprint density at radius 1 is 1.53 bits per heavy atom. The summed E-state index contributed by atoms with van der Waals surface area (Å²) in [5.41, 5.74) is 0.831. The Bertz CT molecular complexity index is 396. The molecular formula is C15H21IO3. The fourth-order valence-electron chi connectivity index (χ4n) is 2.07. The molecular weight excluding hydrogens is 355 g/mol. The summed E-state index contributed by atoms with van der Waals surface area (Å²) in [6.07, 6.45) is 9.35. The molecule has 1 aliphatic rings. The number of unbranched alkanes of at least 4 members (excludes halogenated alkanes) is 2. The van der Waals surface area contributed by atoms with Crippen molar-refractivity contribution in [3.8, 4) is 0 Å². The molecule has 4 heteroatoms. The number of hydrogen-bond acceptors (Lipinski definition) is 3. The van der Waals surface area contributed by atoms with Gasteiger partial charge in [-0.1, -0.05) is 31.9 Å². The predicted molar refractivity (Wildman–Crippen MR) is 84.1 cm³/mol. The largest absolute Gasteiger partial charge is 0.462 e. The smallest absolute Gasteiger partial charge is 0.302 e. The predicted octanol–water partition coefficient (Wildman–Crippen LogP) is 4.11. The van der Waals surface area contributed by atoms with Crippen LogP contribution < -0.4 is 0 Å². The average Bonchev–Trinajstić information content (AvgIpc) is 2.67. The third-order valence-electron chi connectivity index (χ3n) is 3.10. The van der Waals surface area contributed by atoms with Gasteiger partial charge in [-0.25, -0.2) is 0 Å². The van der Waals surface area contributed by atoms with Gasteiger partial charge in [-0.3, -0.25) is 9.59 Å². The van der Waals surface area contributed by atoms with Crippen LogP contribution in [-0.4, -0.2) is 17.9 Å². The molecule has 0 saturated heterocycles. The number of rotatable bonds is 7. The topological polar surface area (TPSA) is 43.4 Å². The molecule has 0 radical (unpaired) electrons. The summed E-state index contributed by atoms with van der Waals surface area (Å²) in [6.45, 7) is 3.58. The summed E-state index contributed by atoms with van der Waals surface area (Å²) in [7, 11) is 0. The summed E-state index contributed by atoms with van der Waals surface area (Å²) >= 11 is 2.06. The van der Waals surface area contributed by atoms with Gasteiger partial charge in [-0.2, -0.15) is 0 Å². The van der Waals surface area contributed by atoms with Crippen molar-refractivity contribution in [1.82, 2.24) is 0 Å². The third kappa shape index (κ3) is 5.89. The highest BCUT2D eigenvalue weighted by molar-refractivity contribution is 14.1. The van der Waals surface area contributed by atoms with E-state index in [1.165, 1.54) is 6.92 Å². The second-order valence-corrected chi connectivity index (χ2v) is 5.94. The van der Waals surface area contributed by atoms with Crippen molar-refractivity contribution in [2.75, 3.05) is 0 Å². The van der Waals surface area contributed by atoms with Crippen LogP contribution in [0, 0.1) is 0 Å². The maximum absolute atomic E-state index is 11.7. The van der Waals surface area contributed by atoms with Crippen LogP contribution in [0.3, 0.4) is 0 Å². The number of Topliss-reactive ketones (excluding diaryl/α,β-unsaturated/α-hetero) is 1. The van der Waals surface area contributed by atoms with Crippen LogP contribution in [-0.2, 0) is 14.3 Å². The first-order chi connectivity index (χ1) is 9.04. The zero-order valence-corrected chi connectivity index (χ0v) is 13.7. The third-order valence-corrected chi connectivity index (χ3v) is 4.03. The monoisotopic (exact) mass is 376 g/mol. The van der Waals surface area contributed by atoms with E-state index in [0.29, 0.717) is 12.8 Å². The number of halogens is 1. The molecule has 0 amide bonds. The molecule has 19 heavy (non-hydrogen) atoms. The van der Waals surface area contributed by atoms with Gasteiger partial charge in [-0.05, 0) is 41.9 Å². The number of ether oxygens (including phenoxy) is 1. The number of ketones is 1. The second-order valence-electron chi connectivity index (χ2n) is 4.78. The lowest BCUT2D eigenvalue weighted by atomic mass is 10.0. The first-order valence-corrected chi connectivity index (χ1v) is 7.89. The van der Waals surface area contributed by atoms with Gasteiger partial charge in [0.2, 0.25) is 0 Å². The molecule has 0 N–H and O–H groups in total. The van der Waals surface area contributed by atoms with E-state index < -0.39 is 0 Å². The molecule has 0 aromatic carbocycles. The van der Waals surface area contributed by atoms with Crippen LogP contribution in [0.4, 0.5) is 0 Å². The molecule has 106 valence electrons. The fourth-order valence-corrected chi connectivity index (χ4v) is 2.64. The van der Waals surface area contributed by atoms with Crippen LogP contribution in [0.1, 0.15) is 52.4 Å². The van der Waals surface area contributed by atoms with E-state index in [-0.39, 0.29) is 17.9 Å². The van der Waals surface area contributed by atoms with E-state index in [9.17, 15) is 9.59 Å². The minimum absolute atomic E-state index is 0.0948. The maximum Gasteiger partial charge on any atom is 0.302 e. The molecule has 0 bridgehead atoms. The van der Waals surface area contributed by atoms with Crippen LogP contribution in [0.5, 0.6) is 0 Å². The Kier molecular flexibility index (Phi) is 7.34. The zero-order chi connectivity index (χ0) is 14.3. The van der Waals surface area contributed by atoms with Gasteiger partial charge >= 0.3 is 5.97 Å². The molecule has 1 atom stereocenters. The van der Waals surface area contributed by atoms with Crippen LogP contribution in [0.2, 0.25) is 0 Å². The summed E-state index contributed by atoms with van der Waals surface area (Å²) in [5, 5.41) is 0. The minimum atomic E-state index is -0.245. The van der Waals surface area contributed by atoms with Gasteiger partial charge < -0.3 is 4.74 Å². The normalized spacial score (nSPS) is 18.6. The van der Waals surface area contributed by atoms with E-state index in [2.05, 4.69) is 29.5 Å². The fraction of sp³-hybridized carbons (Fsp3) is 0.600. The Hall–Kier alpha value is -0.650. The Balaban J connectivity index is 2.50. The van der Waals surface area contributed by atoms with Crippen molar-refractivity contribution in [3.63, 3.8) is 0 Å². The van der Waals surface area contributed by atoms with Crippen molar-refractivity contribution in [2.45, 2.75) is 58.5 Å². The lowest BCUT2D eigenvalue weighted by Gasteiger charge is -2.15. The molecule has 0 saturated carbocycles. The van der Waals surface area contributed by atoms with E-state index in [1.807, 2.05) is 12.2 Å². The van der Waals surface area contributed by atoms with Crippen LogP contribution in [0.25, 0.3) is 0 Å². The van der Waals surface area contributed by atoms with E-state index in [0.717, 1.165) is 34.8 Å². The first-order valence-electron chi connectivity index (χ1n) is 6.81. The summed E-state index contributed by atoms with van der Waals surface area (Å²) in [5.74, 6) is -0.124. The Morgan fingerprint density at radius 2 is 2.26 bits per heavy atom. The molecule has 0 unspecified atom stereocenters. The average molecular weight is 376 g/mol. The molecule has 0 aromatic heterocycles. The summed E-state index contributed by atoms with van der Waals surface area (Å²) < 4.78 is 6.10. The Labute approximate surface area is 128 Å². The molecule has 0 heterocycles. The number of esters is 1. The summed E-state index contributed by atoms with van der Waals surface area (Å²) in [4.78, 5) is 22.8.